The number of benzene rings is 3. The lowest BCUT2D eigenvalue weighted by atomic mass is 10.1. The summed E-state index contributed by atoms with van der Waals surface area (Å²) in [5, 5.41) is 0. The van der Waals surface area contributed by atoms with Crippen molar-refractivity contribution in [2.75, 3.05) is 18.1 Å². The average Bonchev–Trinajstić information content (AvgIpc) is 3.39. The van der Waals surface area contributed by atoms with Gasteiger partial charge in [0.1, 0.15) is 11.6 Å². The lowest BCUT2D eigenvalue weighted by Gasteiger charge is -2.18. The number of imidazole rings is 1. The first-order chi connectivity index (χ1) is 15.7. The van der Waals surface area contributed by atoms with Gasteiger partial charge in [0.15, 0.2) is 0 Å². The van der Waals surface area contributed by atoms with Crippen molar-refractivity contribution in [2.45, 2.75) is 32.2 Å². The van der Waals surface area contributed by atoms with Crippen molar-refractivity contribution < 1.29 is 9.53 Å². The van der Waals surface area contributed by atoms with Crippen LogP contribution in [0.1, 0.15) is 30.7 Å². The van der Waals surface area contributed by atoms with E-state index in [1.165, 1.54) is 5.56 Å². The molecule has 1 atom stereocenters. The number of amides is 1. The molecule has 0 saturated carbocycles. The van der Waals surface area contributed by atoms with Crippen molar-refractivity contribution in [3.05, 3.63) is 90.3 Å². The number of hydrogen-bond acceptors (Lipinski definition) is 3. The zero-order valence-electron chi connectivity index (χ0n) is 18.3. The first kappa shape index (κ1) is 20.3. The Morgan fingerprint density at radius 2 is 1.72 bits per heavy atom. The summed E-state index contributed by atoms with van der Waals surface area (Å²) >= 11 is 0. The molecule has 0 unspecified atom stereocenters. The van der Waals surface area contributed by atoms with Gasteiger partial charge in [0.05, 0.1) is 17.6 Å². The van der Waals surface area contributed by atoms with Gasteiger partial charge in [0.2, 0.25) is 5.91 Å². The number of rotatable bonds is 7. The lowest BCUT2D eigenvalue weighted by molar-refractivity contribution is -0.117. The molecular formula is C27H27N3O2. The first-order valence-corrected chi connectivity index (χ1v) is 11.2. The van der Waals surface area contributed by atoms with Gasteiger partial charge in [0, 0.05) is 31.1 Å². The molecule has 5 rings (SSSR count). The molecule has 1 aliphatic rings. The van der Waals surface area contributed by atoms with Gasteiger partial charge < -0.3 is 14.2 Å². The molecule has 5 nitrogen and oxygen atoms in total. The molecule has 32 heavy (non-hydrogen) atoms. The Hall–Kier alpha value is -3.60. The van der Waals surface area contributed by atoms with E-state index < -0.39 is 0 Å². The van der Waals surface area contributed by atoms with E-state index >= 15 is 0 Å². The fraction of sp³-hybridized carbons (Fsp3) is 0.259. The maximum Gasteiger partial charge on any atom is 0.227 e. The van der Waals surface area contributed by atoms with Crippen LogP contribution in [0.25, 0.3) is 11.0 Å². The fourth-order valence-corrected chi connectivity index (χ4v) is 4.55. The number of aromatic nitrogens is 2. The van der Waals surface area contributed by atoms with Crippen LogP contribution in [0.4, 0.5) is 5.69 Å². The second-order valence-electron chi connectivity index (χ2n) is 8.18. The first-order valence-electron chi connectivity index (χ1n) is 11.2. The molecule has 0 radical (unpaired) electrons. The Balaban J connectivity index is 1.42. The van der Waals surface area contributed by atoms with Crippen LogP contribution in [0.15, 0.2) is 78.9 Å². The minimum Gasteiger partial charge on any atom is -0.494 e. The fourth-order valence-electron chi connectivity index (χ4n) is 4.55. The maximum atomic E-state index is 12.9. The van der Waals surface area contributed by atoms with Crippen LogP contribution < -0.4 is 9.64 Å². The summed E-state index contributed by atoms with van der Waals surface area (Å²) in [7, 11) is 0. The minimum atomic E-state index is 0.0669. The van der Waals surface area contributed by atoms with Crippen molar-refractivity contribution >= 4 is 22.6 Å². The van der Waals surface area contributed by atoms with Gasteiger partial charge in [0.25, 0.3) is 0 Å². The number of carbonyl (C=O) groups excluding carboxylic acids is 1. The van der Waals surface area contributed by atoms with Crippen LogP contribution >= 0.6 is 0 Å². The van der Waals surface area contributed by atoms with Crippen LogP contribution in [-0.2, 0) is 17.8 Å². The SMILES string of the molecule is CCOc1ccc(N2C[C@@H](c3nc4ccccc4n3CCc3ccccc3)CC2=O)cc1. The molecule has 0 bridgehead atoms. The number of fused-ring (bicyclic) bond motifs is 1. The number of anilines is 1. The molecule has 1 saturated heterocycles. The zero-order valence-corrected chi connectivity index (χ0v) is 18.3. The summed E-state index contributed by atoms with van der Waals surface area (Å²) in [4.78, 5) is 19.8. The quantitative estimate of drug-likeness (QED) is 0.409. The Bertz CT molecular complexity index is 1210. The molecule has 0 N–H and O–H groups in total. The topological polar surface area (TPSA) is 47.4 Å². The van der Waals surface area contributed by atoms with Crippen LogP contribution in [0.3, 0.4) is 0 Å². The maximum absolute atomic E-state index is 12.9. The Labute approximate surface area is 188 Å². The van der Waals surface area contributed by atoms with Gasteiger partial charge in [-0.2, -0.15) is 0 Å². The van der Waals surface area contributed by atoms with E-state index in [0.29, 0.717) is 19.6 Å². The molecular weight excluding hydrogens is 398 g/mol. The van der Waals surface area contributed by atoms with E-state index in [1.807, 2.05) is 48.2 Å². The van der Waals surface area contributed by atoms with Crippen molar-refractivity contribution in [3.63, 3.8) is 0 Å². The summed E-state index contributed by atoms with van der Waals surface area (Å²) in [6.45, 7) is 4.07. The third-order valence-electron chi connectivity index (χ3n) is 6.10. The normalized spacial score (nSPS) is 16.1. The highest BCUT2D eigenvalue weighted by Crippen LogP contribution is 2.34. The number of aryl methyl sites for hydroxylation is 2. The van der Waals surface area contributed by atoms with Crippen LogP contribution in [-0.4, -0.2) is 28.6 Å². The minimum absolute atomic E-state index is 0.0669. The second-order valence-corrected chi connectivity index (χ2v) is 8.18. The highest BCUT2D eigenvalue weighted by Gasteiger charge is 2.34. The number of ether oxygens (including phenoxy) is 1. The summed E-state index contributed by atoms with van der Waals surface area (Å²) in [5.74, 6) is 2.03. The van der Waals surface area contributed by atoms with Gasteiger partial charge in [-0.15, -0.1) is 0 Å². The van der Waals surface area contributed by atoms with Crippen LogP contribution in [0, 0.1) is 0 Å². The Morgan fingerprint density at radius 3 is 2.50 bits per heavy atom. The monoisotopic (exact) mass is 425 g/mol. The number of para-hydroxylation sites is 2. The molecule has 2 heterocycles. The summed E-state index contributed by atoms with van der Waals surface area (Å²) in [6.07, 6.45) is 1.40. The predicted molar refractivity (Wildman–Crippen MR) is 127 cm³/mol. The molecule has 1 amide bonds. The van der Waals surface area contributed by atoms with Gasteiger partial charge in [-0.25, -0.2) is 4.98 Å². The Kier molecular flexibility index (Phi) is 5.63. The van der Waals surface area contributed by atoms with Gasteiger partial charge in [-0.05, 0) is 55.3 Å². The summed E-state index contributed by atoms with van der Waals surface area (Å²) < 4.78 is 7.84. The van der Waals surface area contributed by atoms with E-state index in [2.05, 4.69) is 47.0 Å². The standard InChI is InChI=1S/C27H27N3O2/c1-2-32-23-14-12-22(13-15-23)30-19-21(18-26(30)31)27-28-24-10-6-7-11-25(24)29(27)17-16-20-8-4-3-5-9-20/h3-15,21H,2,16-19H2,1H3/t21-/m0/s1. The van der Waals surface area contributed by atoms with E-state index in [1.54, 1.807) is 0 Å². The van der Waals surface area contributed by atoms with E-state index in [9.17, 15) is 4.79 Å². The third kappa shape index (κ3) is 3.98. The van der Waals surface area contributed by atoms with Crippen molar-refractivity contribution in [1.82, 2.24) is 9.55 Å². The predicted octanol–water partition coefficient (Wildman–Crippen LogP) is 5.20. The van der Waals surface area contributed by atoms with E-state index in [0.717, 1.165) is 41.3 Å². The average molecular weight is 426 g/mol. The number of nitrogens with zero attached hydrogens (tertiary/aromatic N) is 3. The molecule has 5 heteroatoms. The molecule has 0 aliphatic carbocycles. The summed E-state index contributed by atoms with van der Waals surface area (Å²) in [6, 6.07) is 26.5. The lowest BCUT2D eigenvalue weighted by Crippen LogP contribution is -2.24. The summed E-state index contributed by atoms with van der Waals surface area (Å²) in [5.41, 5.74) is 4.33. The van der Waals surface area contributed by atoms with Crippen molar-refractivity contribution in [2.24, 2.45) is 0 Å². The van der Waals surface area contributed by atoms with E-state index in [4.69, 9.17) is 9.72 Å². The zero-order chi connectivity index (χ0) is 21.9. The molecule has 162 valence electrons. The van der Waals surface area contributed by atoms with Crippen molar-refractivity contribution in [1.29, 1.82) is 0 Å². The van der Waals surface area contributed by atoms with Crippen LogP contribution in [0.2, 0.25) is 0 Å². The number of hydrogen-bond donors (Lipinski definition) is 0. The number of carbonyl (C=O) groups is 1. The van der Waals surface area contributed by atoms with Gasteiger partial charge in [-0.1, -0.05) is 42.5 Å². The second kappa shape index (κ2) is 8.87. The molecule has 3 aromatic carbocycles. The van der Waals surface area contributed by atoms with E-state index in [-0.39, 0.29) is 11.8 Å². The largest absolute Gasteiger partial charge is 0.494 e. The van der Waals surface area contributed by atoms with Gasteiger partial charge >= 0.3 is 0 Å². The van der Waals surface area contributed by atoms with Crippen LogP contribution in [0.5, 0.6) is 5.75 Å². The molecule has 1 aliphatic heterocycles. The van der Waals surface area contributed by atoms with Crippen molar-refractivity contribution in [3.8, 4) is 5.75 Å². The third-order valence-corrected chi connectivity index (χ3v) is 6.10. The molecule has 1 aromatic heterocycles. The Morgan fingerprint density at radius 1 is 0.969 bits per heavy atom. The highest BCUT2D eigenvalue weighted by molar-refractivity contribution is 5.96. The smallest absolute Gasteiger partial charge is 0.227 e. The van der Waals surface area contributed by atoms with Gasteiger partial charge in [-0.3, -0.25) is 4.79 Å². The highest BCUT2D eigenvalue weighted by atomic mass is 16.5. The molecule has 0 spiro atoms. The molecule has 4 aromatic rings. The molecule has 1 fully saturated rings.